The lowest BCUT2D eigenvalue weighted by Crippen LogP contribution is -2.28. The molecule has 0 bridgehead atoms. The number of hydrogen-bond donors (Lipinski definition) is 1. The first kappa shape index (κ1) is 9.21. The third-order valence-electron chi connectivity index (χ3n) is 2.24. The molecule has 0 aliphatic rings. The molecule has 14 heavy (non-hydrogen) atoms. The maximum atomic E-state index is 5.99. The van der Waals surface area contributed by atoms with Crippen molar-refractivity contribution in [3.05, 3.63) is 29.7 Å². The van der Waals surface area contributed by atoms with Gasteiger partial charge in [-0.25, -0.2) is 4.98 Å². The fraction of sp³-hybridized carbons (Fsp3) is 0.364. The monoisotopic (exact) mass is 190 g/mol. The number of rotatable bonds is 1. The summed E-state index contributed by atoms with van der Waals surface area (Å²) in [6.07, 6.45) is 0. The van der Waals surface area contributed by atoms with E-state index in [-0.39, 0.29) is 5.54 Å². The van der Waals surface area contributed by atoms with Crippen LogP contribution in [0.25, 0.3) is 11.1 Å². The van der Waals surface area contributed by atoms with Crippen LogP contribution in [-0.4, -0.2) is 4.98 Å². The molecule has 0 saturated heterocycles. The molecule has 1 aromatic heterocycles. The zero-order chi connectivity index (χ0) is 10.3. The molecule has 0 unspecified atom stereocenters. The van der Waals surface area contributed by atoms with Gasteiger partial charge in [0.2, 0.25) is 0 Å². The Balaban J connectivity index is 2.62. The number of nitrogens with two attached hydrogens (primary N) is 1. The molecule has 0 fully saturated rings. The van der Waals surface area contributed by atoms with E-state index in [9.17, 15) is 0 Å². The largest absolute Gasteiger partial charge is 0.441 e. The van der Waals surface area contributed by atoms with E-state index < -0.39 is 0 Å². The first-order chi connectivity index (χ1) is 6.47. The number of hydrogen-bond acceptors (Lipinski definition) is 3. The standard InChI is InChI=1S/C11H14N2O/c1-7-13-9-5-4-8(11(2,3)12)6-10(9)14-7/h4-6H,12H2,1-3H3. The van der Waals surface area contributed by atoms with E-state index in [0.717, 1.165) is 16.7 Å². The number of aryl methyl sites for hydroxylation is 1. The van der Waals surface area contributed by atoms with Gasteiger partial charge in [0.15, 0.2) is 11.5 Å². The van der Waals surface area contributed by atoms with Gasteiger partial charge in [0.25, 0.3) is 0 Å². The highest BCUT2D eigenvalue weighted by molar-refractivity contribution is 5.73. The van der Waals surface area contributed by atoms with Gasteiger partial charge in [0.1, 0.15) is 5.52 Å². The molecule has 3 nitrogen and oxygen atoms in total. The summed E-state index contributed by atoms with van der Waals surface area (Å²) in [5.41, 5.74) is 8.40. The number of fused-ring (bicyclic) bond motifs is 1. The van der Waals surface area contributed by atoms with Gasteiger partial charge in [-0.05, 0) is 31.5 Å². The molecule has 3 heteroatoms. The molecule has 2 N–H and O–H groups in total. The smallest absolute Gasteiger partial charge is 0.192 e. The summed E-state index contributed by atoms with van der Waals surface area (Å²) in [4.78, 5) is 4.23. The van der Waals surface area contributed by atoms with E-state index in [1.807, 2.05) is 39.0 Å². The van der Waals surface area contributed by atoms with Crippen molar-refractivity contribution in [1.82, 2.24) is 4.98 Å². The molecule has 2 aromatic rings. The van der Waals surface area contributed by atoms with E-state index in [4.69, 9.17) is 10.2 Å². The summed E-state index contributed by atoms with van der Waals surface area (Å²) in [6, 6.07) is 5.88. The van der Waals surface area contributed by atoms with E-state index in [1.165, 1.54) is 0 Å². The minimum absolute atomic E-state index is 0.338. The lowest BCUT2D eigenvalue weighted by molar-refractivity contribution is 0.544. The Morgan fingerprint density at radius 3 is 2.71 bits per heavy atom. The number of nitrogens with zero attached hydrogens (tertiary/aromatic N) is 1. The van der Waals surface area contributed by atoms with Crippen LogP contribution < -0.4 is 5.73 Å². The van der Waals surface area contributed by atoms with Gasteiger partial charge in [0.05, 0.1) is 0 Å². The second-order valence-electron chi connectivity index (χ2n) is 4.14. The number of benzene rings is 1. The van der Waals surface area contributed by atoms with Crippen LogP contribution >= 0.6 is 0 Å². The van der Waals surface area contributed by atoms with E-state index in [2.05, 4.69) is 4.98 Å². The second kappa shape index (κ2) is 2.82. The Labute approximate surface area is 82.9 Å². The first-order valence-electron chi connectivity index (χ1n) is 4.63. The molecule has 2 rings (SSSR count). The van der Waals surface area contributed by atoms with Gasteiger partial charge in [-0.2, -0.15) is 0 Å². The van der Waals surface area contributed by atoms with Crippen molar-refractivity contribution in [2.45, 2.75) is 26.3 Å². The van der Waals surface area contributed by atoms with Crippen LogP contribution in [0.5, 0.6) is 0 Å². The van der Waals surface area contributed by atoms with Crippen LogP contribution in [0.4, 0.5) is 0 Å². The second-order valence-corrected chi connectivity index (χ2v) is 4.14. The van der Waals surface area contributed by atoms with E-state index in [0.29, 0.717) is 5.89 Å². The fourth-order valence-electron chi connectivity index (χ4n) is 1.44. The summed E-state index contributed by atoms with van der Waals surface area (Å²) < 4.78 is 5.44. The van der Waals surface area contributed by atoms with Gasteiger partial charge in [-0.1, -0.05) is 6.07 Å². The van der Waals surface area contributed by atoms with Crippen LogP contribution in [0.3, 0.4) is 0 Å². The SMILES string of the molecule is Cc1nc2ccc(C(C)(C)N)cc2o1. The van der Waals surface area contributed by atoms with Crippen LogP contribution in [0.1, 0.15) is 25.3 Å². The normalized spacial score (nSPS) is 12.3. The molecule has 1 aromatic carbocycles. The summed E-state index contributed by atoms with van der Waals surface area (Å²) in [5.74, 6) is 0.687. The Bertz CT molecular complexity index is 466. The van der Waals surface area contributed by atoms with Gasteiger partial charge in [0, 0.05) is 12.5 Å². The molecule has 0 aliphatic carbocycles. The predicted octanol–water partition coefficient (Wildman–Crippen LogP) is 2.33. The maximum Gasteiger partial charge on any atom is 0.192 e. The molecule has 0 atom stereocenters. The fourth-order valence-corrected chi connectivity index (χ4v) is 1.44. The Morgan fingerprint density at radius 1 is 1.36 bits per heavy atom. The minimum Gasteiger partial charge on any atom is -0.441 e. The Hall–Kier alpha value is -1.35. The highest BCUT2D eigenvalue weighted by Crippen LogP contribution is 2.22. The number of oxazole rings is 1. The Kier molecular flexibility index (Phi) is 1.86. The lowest BCUT2D eigenvalue weighted by Gasteiger charge is -2.18. The quantitative estimate of drug-likeness (QED) is 0.750. The molecular formula is C11H14N2O. The van der Waals surface area contributed by atoms with Crippen molar-refractivity contribution >= 4 is 11.1 Å². The van der Waals surface area contributed by atoms with Gasteiger partial charge < -0.3 is 10.2 Å². The van der Waals surface area contributed by atoms with Gasteiger partial charge in [-0.3, -0.25) is 0 Å². The van der Waals surface area contributed by atoms with Crippen molar-refractivity contribution in [3.8, 4) is 0 Å². The highest BCUT2D eigenvalue weighted by atomic mass is 16.3. The average molecular weight is 190 g/mol. The van der Waals surface area contributed by atoms with Crippen molar-refractivity contribution < 1.29 is 4.42 Å². The van der Waals surface area contributed by atoms with Gasteiger partial charge in [-0.15, -0.1) is 0 Å². The van der Waals surface area contributed by atoms with Gasteiger partial charge >= 0.3 is 0 Å². The predicted molar refractivity (Wildman–Crippen MR) is 56.0 cm³/mol. The molecular weight excluding hydrogens is 176 g/mol. The molecule has 0 radical (unpaired) electrons. The van der Waals surface area contributed by atoms with E-state index >= 15 is 0 Å². The Morgan fingerprint density at radius 2 is 2.07 bits per heavy atom. The first-order valence-corrected chi connectivity index (χ1v) is 4.63. The van der Waals surface area contributed by atoms with E-state index in [1.54, 1.807) is 0 Å². The highest BCUT2D eigenvalue weighted by Gasteiger charge is 2.15. The third kappa shape index (κ3) is 1.51. The summed E-state index contributed by atoms with van der Waals surface area (Å²) >= 11 is 0. The average Bonchev–Trinajstić information content (AvgIpc) is 2.41. The topological polar surface area (TPSA) is 52.0 Å². The summed E-state index contributed by atoms with van der Waals surface area (Å²) in [5, 5.41) is 0. The van der Waals surface area contributed by atoms with Crippen LogP contribution in [0, 0.1) is 6.92 Å². The maximum absolute atomic E-state index is 5.99. The molecule has 74 valence electrons. The van der Waals surface area contributed by atoms with Crippen molar-refractivity contribution in [2.75, 3.05) is 0 Å². The minimum atomic E-state index is -0.338. The van der Waals surface area contributed by atoms with Crippen LogP contribution in [0.15, 0.2) is 22.6 Å². The molecule has 0 aliphatic heterocycles. The summed E-state index contributed by atoms with van der Waals surface area (Å²) in [7, 11) is 0. The zero-order valence-corrected chi connectivity index (χ0v) is 8.66. The van der Waals surface area contributed by atoms with Crippen LogP contribution in [0.2, 0.25) is 0 Å². The van der Waals surface area contributed by atoms with Crippen molar-refractivity contribution in [1.29, 1.82) is 0 Å². The summed E-state index contributed by atoms with van der Waals surface area (Å²) in [6.45, 7) is 5.78. The molecule has 1 heterocycles. The lowest BCUT2D eigenvalue weighted by atomic mass is 9.96. The molecule has 0 amide bonds. The third-order valence-corrected chi connectivity index (χ3v) is 2.24. The van der Waals surface area contributed by atoms with Crippen molar-refractivity contribution in [3.63, 3.8) is 0 Å². The number of aromatic nitrogens is 1. The molecule has 0 spiro atoms. The zero-order valence-electron chi connectivity index (χ0n) is 8.66. The molecule has 0 saturated carbocycles. The van der Waals surface area contributed by atoms with Crippen LogP contribution in [-0.2, 0) is 5.54 Å². The van der Waals surface area contributed by atoms with Crippen molar-refractivity contribution in [2.24, 2.45) is 5.73 Å².